The first-order valence-electron chi connectivity index (χ1n) is 11.6. The molecule has 0 bridgehead atoms. The molecule has 10 heteroatoms. The molecule has 0 aromatic heterocycles. The van der Waals surface area contributed by atoms with Crippen molar-refractivity contribution in [2.45, 2.75) is 0 Å². The van der Waals surface area contributed by atoms with Crippen LogP contribution in [0.2, 0.25) is 0 Å². The molecule has 0 spiro atoms. The summed E-state index contributed by atoms with van der Waals surface area (Å²) in [6.45, 7) is 3.37. The number of rotatable bonds is 12. The first kappa shape index (κ1) is 27.0. The van der Waals surface area contributed by atoms with Crippen molar-refractivity contribution in [3.63, 3.8) is 0 Å². The highest BCUT2D eigenvalue weighted by Gasteiger charge is 2.05. The maximum atomic E-state index is 9.61. The minimum absolute atomic E-state index is 0.186. The summed E-state index contributed by atoms with van der Waals surface area (Å²) in [4.78, 5) is 15.3. The van der Waals surface area contributed by atoms with Crippen molar-refractivity contribution in [3.05, 3.63) is 71.3 Å². The average Bonchev–Trinajstić information content (AvgIpc) is 2.87. The second-order valence-electron chi connectivity index (χ2n) is 8.19. The number of phenolic OH excluding ortho intramolecular Hbond substituents is 6. The lowest BCUT2D eigenvalue weighted by Crippen LogP contribution is -2.31. The van der Waals surface area contributed by atoms with Crippen molar-refractivity contribution in [1.82, 2.24) is 4.90 Å². The molecule has 0 atom stereocenters. The zero-order valence-corrected chi connectivity index (χ0v) is 20.1. The zero-order chi connectivity index (χ0) is 26.6. The topological polar surface area (TPSA) is 162 Å². The smallest absolute Gasteiger partial charge is 0.158 e. The number of nitrogens with zero attached hydrogens (tertiary/aromatic N) is 4. The van der Waals surface area contributed by atoms with Crippen LogP contribution in [0.15, 0.2) is 69.6 Å². The van der Waals surface area contributed by atoms with Crippen LogP contribution in [0.25, 0.3) is 0 Å². The first-order chi connectivity index (χ1) is 17.8. The van der Waals surface area contributed by atoms with E-state index in [1.807, 2.05) is 0 Å². The average molecular weight is 507 g/mol. The van der Waals surface area contributed by atoms with Crippen LogP contribution in [0.5, 0.6) is 34.5 Å². The van der Waals surface area contributed by atoms with Gasteiger partial charge >= 0.3 is 0 Å². The summed E-state index contributed by atoms with van der Waals surface area (Å²) in [6.07, 6.45) is 4.88. The van der Waals surface area contributed by atoms with Gasteiger partial charge in [0.25, 0.3) is 0 Å². The van der Waals surface area contributed by atoms with Crippen LogP contribution in [0, 0.1) is 0 Å². The Labute approximate surface area is 214 Å². The van der Waals surface area contributed by atoms with Gasteiger partial charge in [-0.1, -0.05) is 0 Å². The van der Waals surface area contributed by atoms with Crippen LogP contribution in [0.3, 0.4) is 0 Å². The Kier molecular flexibility index (Phi) is 9.86. The Morgan fingerprint density at radius 3 is 1.03 bits per heavy atom. The molecule has 3 aromatic rings. The summed E-state index contributed by atoms with van der Waals surface area (Å²) in [7, 11) is 0. The number of aromatic hydroxyl groups is 6. The maximum absolute atomic E-state index is 9.61. The molecule has 0 saturated carbocycles. The molecule has 0 radical (unpaired) electrons. The Morgan fingerprint density at radius 1 is 0.459 bits per heavy atom. The van der Waals surface area contributed by atoms with Crippen molar-refractivity contribution >= 4 is 18.6 Å². The normalized spacial score (nSPS) is 11.9. The van der Waals surface area contributed by atoms with E-state index >= 15 is 0 Å². The van der Waals surface area contributed by atoms with E-state index in [4.69, 9.17) is 0 Å². The van der Waals surface area contributed by atoms with Gasteiger partial charge in [-0.05, 0) is 71.3 Å². The lowest BCUT2D eigenvalue weighted by Gasteiger charge is -2.19. The highest BCUT2D eigenvalue weighted by Crippen LogP contribution is 2.25. The van der Waals surface area contributed by atoms with E-state index in [9.17, 15) is 30.6 Å². The van der Waals surface area contributed by atoms with Crippen molar-refractivity contribution < 1.29 is 30.6 Å². The second-order valence-corrected chi connectivity index (χ2v) is 8.19. The van der Waals surface area contributed by atoms with Gasteiger partial charge < -0.3 is 30.6 Å². The van der Waals surface area contributed by atoms with Gasteiger partial charge in [-0.3, -0.25) is 19.9 Å². The molecular formula is C27H30N4O6. The molecule has 0 saturated heterocycles. The highest BCUT2D eigenvalue weighted by molar-refractivity contribution is 5.81. The van der Waals surface area contributed by atoms with Gasteiger partial charge in [0.2, 0.25) is 0 Å². The number of aliphatic imine (C=N–C) groups is 3. The Bertz CT molecular complexity index is 1120. The van der Waals surface area contributed by atoms with E-state index in [0.717, 1.165) is 0 Å². The molecule has 10 nitrogen and oxygen atoms in total. The fourth-order valence-corrected chi connectivity index (χ4v) is 3.31. The lowest BCUT2D eigenvalue weighted by atomic mass is 10.2. The molecule has 0 amide bonds. The molecule has 194 valence electrons. The molecule has 3 rings (SSSR count). The molecule has 0 heterocycles. The van der Waals surface area contributed by atoms with E-state index < -0.39 is 0 Å². The van der Waals surface area contributed by atoms with E-state index in [0.29, 0.717) is 56.0 Å². The van der Waals surface area contributed by atoms with Gasteiger partial charge in [0.05, 0.1) is 19.6 Å². The molecule has 0 aliphatic rings. The minimum atomic E-state index is -0.204. The van der Waals surface area contributed by atoms with Crippen LogP contribution in [-0.4, -0.2) is 93.5 Å². The standard InChI is InChI=1S/C27H30N4O6/c32-22-4-1-19(13-25(22)35)16-28-7-10-31(11-8-29-17-20-2-5-23(33)26(36)14-20)12-9-30-18-21-3-6-24(34)27(37)15-21/h1-6,13-18,32-37H,7-12H2/b28-16+,29-17+,30-18+. The third-order valence-electron chi connectivity index (χ3n) is 5.36. The van der Waals surface area contributed by atoms with Gasteiger partial charge in [-0.25, -0.2) is 0 Å². The highest BCUT2D eigenvalue weighted by atomic mass is 16.3. The zero-order valence-electron chi connectivity index (χ0n) is 20.1. The van der Waals surface area contributed by atoms with Crippen LogP contribution >= 0.6 is 0 Å². The third-order valence-corrected chi connectivity index (χ3v) is 5.36. The summed E-state index contributed by atoms with van der Waals surface area (Å²) in [5.41, 5.74) is 2.01. The Hall–Kier alpha value is -4.57. The van der Waals surface area contributed by atoms with Crippen LogP contribution < -0.4 is 0 Å². The monoisotopic (exact) mass is 506 g/mol. The van der Waals surface area contributed by atoms with Crippen molar-refractivity contribution in [1.29, 1.82) is 0 Å². The molecule has 37 heavy (non-hydrogen) atoms. The molecular weight excluding hydrogens is 476 g/mol. The van der Waals surface area contributed by atoms with E-state index in [1.165, 1.54) is 36.4 Å². The quantitative estimate of drug-likeness (QED) is 0.163. The fourth-order valence-electron chi connectivity index (χ4n) is 3.31. The molecule has 0 fully saturated rings. The number of hydrogen-bond acceptors (Lipinski definition) is 10. The third kappa shape index (κ3) is 8.86. The second kappa shape index (κ2) is 13.5. The van der Waals surface area contributed by atoms with E-state index in [1.54, 1.807) is 36.8 Å². The maximum Gasteiger partial charge on any atom is 0.158 e. The van der Waals surface area contributed by atoms with Crippen molar-refractivity contribution in [3.8, 4) is 34.5 Å². The molecule has 3 aromatic carbocycles. The van der Waals surface area contributed by atoms with Gasteiger partial charge in [0.15, 0.2) is 34.5 Å². The number of benzene rings is 3. The first-order valence-corrected chi connectivity index (χ1v) is 11.6. The van der Waals surface area contributed by atoms with Gasteiger partial charge in [-0.15, -0.1) is 0 Å². The van der Waals surface area contributed by atoms with Gasteiger partial charge in [-0.2, -0.15) is 0 Å². The van der Waals surface area contributed by atoms with Crippen LogP contribution in [-0.2, 0) is 0 Å². The predicted molar refractivity (Wildman–Crippen MR) is 143 cm³/mol. The predicted octanol–water partition coefficient (Wildman–Crippen LogP) is 2.88. The Morgan fingerprint density at radius 2 is 0.757 bits per heavy atom. The lowest BCUT2D eigenvalue weighted by molar-refractivity contribution is 0.298. The summed E-state index contributed by atoms with van der Waals surface area (Å²) < 4.78 is 0. The largest absolute Gasteiger partial charge is 0.504 e. The van der Waals surface area contributed by atoms with E-state index in [2.05, 4.69) is 19.9 Å². The summed E-state index contributed by atoms with van der Waals surface area (Å²) in [6, 6.07) is 13.5. The van der Waals surface area contributed by atoms with Gasteiger partial charge in [0, 0.05) is 38.3 Å². The molecule has 0 aliphatic heterocycles. The van der Waals surface area contributed by atoms with Crippen LogP contribution in [0.4, 0.5) is 0 Å². The molecule has 6 N–H and O–H groups in total. The Balaban J connectivity index is 1.55. The van der Waals surface area contributed by atoms with Crippen molar-refractivity contribution in [2.24, 2.45) is 15.0 Å². The van der Waals surface area contributed by atoms with E-state index in [-0.39, 0.29) is 34.5 Å². The minimum Gasteiger partial charge on any atom is -0.504 e. The van der Waals surface area contributed by atoms with Gasteiger partial charge in [0.1, 0.15) is 0 Å². The number of phenols is 6. The molecule has 0 unspecified atom stereocenters. The number of hydrogen-bond donors (Lipinski definition) is 6. The SMILES string of the molecule is Oc1ccc(/C=N/CCN(CC/N=C/c2ccc(O)c(O)c2)CC/N=C/c2ccc(O)c(O)c2)cc1O. The van der Waals surface area contributed by atoms with Crippen molar-refractivity contribution in [2.75, 3.05) is 39.3 Å². The summed E-state index contributed by atoms with van der Waals surface area (Å²) in [5, 5.41) is 57.1. The van der Waals surface area contributed by atoms with Crippen LogP contribution in [0.1, 0.15) is 16.7 Å². The summed E-state index contributed by atoms with van der Waals surface area (Å²) in [5.74, 6) is -1.17. The summed E-state index contributed by atoms with van der Waals surface area (Å²) >= 11 is 0. The molecule has 0 aliphatic carbocycles. The fraction of sp³-hybridized carbons (Fsp3) is 0.222.